The van der Waals surface area contributed by atoms with Crippen molar-refractivity contribution >= 4 is 44.9 Å². The third-order valence-electron chi connectivity index (χ3n) is 4.21. The lowest BCUT2D eigenvalue weighted by Gasteiger charge is -2.08. The largest absolute Gasteiger partial charge is 0.483 e. The fourth-order valence-electron chi connectivity index (χ4n) is 2.76. The second-order valence-corrected chi connectivity index (χ2v) is 8.48. The first-order valence-corrected chi connectivity index (χ1v) is 10.9. The summed E-state index contributed by atoms with van der Waals surface area (Å²) in [6.45, 7) is -0.110. The van der Waals surface area contributed by atoms with E-state index in [1.807, 2.05) is 54.6 Å². The third kappa shape index (κ3) is 4.95. The number of benzene rings is 3. The highest BCUT2D eigenvalue weighted by Gasteiger charge is 2.10. The molecule has 0 aliphatic heterocycles. The van der Waals surface area contributed by atoms with Crippen LogP contribution in [0.4, 0.5) is 5.13 Å². The third-order valence-corrected chi connectivity index (χ3v) is 6.25. The van der Waals surface area contributed by atoms with Gasteiger partial charge in [0.05, 0.1) is 11.6 Å². The number of rotatable bonds is 7. The maximum Gasteiger partial charge on any atom is 0.264 e. The van der Waals surface area contributed by atoms with Crippen molar-refractivity contribution in [3.63, 3.8) is 0 Å². The zero-order valence-corrected chi connectivity index (χ0v) is 17.4. The van der Waals surface area contributed by atoms with Gasteiger partial charge in [0.2, 0.25) is 5.13 Å². The normalized spacial score (nSPS) is 10.5. The molecular formula is C22H16N4O2S2. The van der Waals surface area contributed by atoms with Gasteiger partial charge in [-0.15, -0.1) is 10.2 Å². The summed E-state index contributed by atoms with van der Waals surface area (Å²) in [4.78, 5) is 12.2. The Kier molecular flexibility index (Phi) is 6.23. The van der Waals surface area contributed by atoms with Crippen molar-refractivity contribution in [2.75, 3.05) is 11.9 Å². The van der Waals surface area contributed by atoms with Crippen molar-refractivity contribution in [3.05, 3.63) is 77.9 Å². The molecule has 4 aromatic rings. The summed E-state index contributed by atoms with van der Waals surface area (Å²) >= 11 is 2.84. The highest BCUT2D eigenvalue weighted by atomic mass is 32.2. The van der Waals surface area contributed by atoms with Gasteiger partial charge in [0.15, 0.2) is 10.9 Å². The van der Waals surface area contributed by atoms with Gasteiger partial charge in [-0.05, 0) is 29.1 Å². The van der Waals surface area contributed by atoms with Gasteiger partial charge in [-0.2, -0.15) is 5.26 Å². The summed E-state index contributed by atoms with van der Waals surface area (Å²) in [5, 5.41) is 22.1. The van der Waals surface area contributed by atoms with Crippen molar-refractivity contribution in [2.24, 2.45) is 0 Å². The van der Waals surface area contributed by atoms with E-state index >= 15 is 0 Å². The van der Waals surface area contributed by atoms with Gasteiger partial charge in [0.1, 0.15) is 5.75 Å². The van der Waals surface area contributed by atoms with Crippen molar-refractivity contribution < 1.29 is 9.53 Å². The Morgan fingerprint density at radius 1 is 1.07 bits per heavy atom. The minimum Gasteiger partial charge on any atom is -0.483 e. The molecule has 0 aliphatic carbocycles. The number of carbonyl (C=O) groups is 1. The number of hydrogen-bond donors (Lipinski definition) is 1. The molecule has 0 fully saturated rings. The van der Waals surface area contributed by atoms with Gasteiger partial charge in [0.25, 0.3) is 5.91 Å². The fourth-order valence-corrected chi connectivity index (χ4v) is 4.48. The Morgan fingerprint density at radius 2 is 1.87 bits per heavy atom. The predicted octanol–water partition coefficient (Wildman–Crippen LogP) is 4.87. The van der Waals surface area contributed by atoms with Crippen LogP contribution < -0.4 is 10.1 Å². The van der Waals surface area contributed by atoms with Crippen molar-refractivity contribution in [1.82, 2.24) is 10.2 Å². The minimum absolute atomic E-state index is 0.110. The number of aromatic nitrogens is 2. The number of nitrogens with one attached hydrogen (secondary N) is 1. The van der Waals surface area contributed by atoms with E-state index in [-0.39, 0.29) is 12.5 Å². The van der Waals surface area contributed by atoms with Crippen LogP contribution >= 0.6 is 23.1 Å². The number of fused-ring (bicyclic) bond motifs is 1. The molecule has 0 bridgehead atoms. The van der Waals surface area contributed by atoms with E-state index < -0.39 is 0 Å². The molecular weight excluding hydrogens is 416 g/mol. The van der Waals surface area contributed by atoms with Gasteiger partial charge < -0.3 is 4.74 Å². The molecule has 0 aliphatic rings. The molecule has 8 heteroatoms. The van der Waals surface area contributed by atoms with Gasteiger partial charge in [-0.1, -0.05) is 71.6 Å². The average molecular weight is 433 g/mol. The molecule has 0 unspecified atom stereocenters. The zero-order chi connectivity index (χ0) is 20.8. The van der Waals surface area contributed by atoms with Crippen molar-refractivity contribution in [3.8, 4) is 11.8 Å². The topological polar surface area (TPSA) is 87.9 Å². The maximum atomic E-state index is 12.2. The Labute approximate surface area is 181 Å². The van der Waals surface area contributed by atoms with Crippen LogP contribution in [0.1, 0.15) is 11.1 Å². The Morgan fingerprint density at radius 3 is 2.70 bits per heavy atom. The van der Waals surface area contributed by atoms with Crippen LogP contribution in [0.15, 0.2) is 71.1 Å². The number of amides is 1. The highest BCUT2D eigenvalue weighted by molar-refractivity contribution is 8.00. The van der Waals surface area contributed by atoms with Crippen molar-refractivity contribution in [1.29, 1.82) is 5.26 Å². The summed E-state index contributed by atoms with van der Waals surface area (Å²) in [5.74, 6) is 1.08. The van der Waals surface area contributed by atoms with E-state index in [2.05, 4.69) is 21.6 Å². The van der Waals surface area contributed by atoms with Crippen LogP contribution in [0.25, 0.3) is 10.8 Å². The standard InChI is InChI=1S/C22H16N4O2S2/c23-12-15-8-10-16(11-9-15)14-29-22-26-25-21(30-22)24-20(27)13-28-19-7-3-5-17-4-1-2-6-18(17)19/h1-11H,13-14H2,(H,24,25,27). The van der Waals surface area contributed by atoms with Gasteiger partial charge in [0, 0.05) is 11.1 Å². The molecule has 30 heavy (non-hydrogen) atoms. The first kappa shape index (κ1) is 19.9. The Bertz CT molecular complexity index is 1210. The van der Waals surface area contributed by atoms with Gasteiger partial charge in [-0.3, -0.25) is 10.1 Å². The number of ether oxygens (including phenoxy) is 1. The summed E-state index contributed by atoms with van der Waals surface area (Å²) in [7, 11) is 0. The molecule has 0 atom stereocenters. The van der Waals surface area contributed by atoms with E-state index in [1.54, 1.807) is 12.1 Å². The first-order valence-electron chi connectivity index (χ1n) is 9.07. The van der Waals surface area contributed by atoms with Crippen LogP contribution in [-0.2, 0) is 10.5 Å². The van der Waals surface area contributed by atoms with Crippen LogP contribution in [0.3, 0.4) is 0 Å². The monoisotopic (exact) mass is 432 g/mol. The molecule has 1 aromatic heterocycles. The Hall–Kier alpha value is -3.41. The van der Waals surface area contributed by atoms with E-state index in [4.69, 9.17) is 10.00 Å². The lowest BCUT2D eigenvalue weighted by Crippen LogP contribution is -2.20. The number of thioether (sulfide) groups is 1. The molecule has 1 N–H and O–H groups in total. The molecule has 1 amide bonds. The zero-order valence-electron chi connectivity index (χ0n) is 15.7. The SMILES string of the molecule is N#Cc1ccc(CSc2nnc(NC(=O)COc3cccc4ccccc34)s2)cc1. The summed E-state index contributed by atoms with van der Waals surface area (Å²) in [6.07, 6.45) is 0. The van der Waals surface area contributed by atoms with Crippen LogP contribution in [0.2, 0.25) is 0 Å². The smallest absolute Gasteiger partial charge is 0.264 e. The fraction of sp³-hybridized carbons (Fsp3) is 0.0909. The predicted molar refractivity (Wildman–Crippen MR) is 119 cm³/mol. The summed E-state index contributed by atoms with van der Waals surface area (Å²) < 4.78 is 6.45. The molecule has 1 heterocycles. The quantitative estimate of drug-likeness (QED) is 0.331. The highest BCUT2D eigenvalue weighted by Crippen LogP contribution is 2.29. The molecule has 3 aromatic carbocycles. The van der Waals surface area contributed by atoms with Crippen LogP contribution in [0.5, 0.6) is 5.75 Å². The van der Waals surface area contributed by atoms with E-state index in [0.717, 1.165) is 20.7 Å². The maximum absolute atomic E-state index is 12.2. The number of nitrogens with zero attached hydrogens (tertiary/aromatic N) is 3. The summed E-state index contributed by atoms with van der Waals surface area (Å²) in [6, 6.07) is 23.1. The van der Waals surface area contributed by atoms with E-state index in [1.165, 1.54) is 23.1 Å². The molecule has 0 radical (unpaired) electrons. The van der Waals surface area contributed by atoms with Gasteiger partial charge >= 0.3 is 0 Å². The molecule has 148 valence electrons. The molecule has 6 nitrogen and oxygen atoms in total. The number of carbonyl (C=O) groups excluding carboxylic acids is 1. The molecule has 0 saturated carbocycles. The van der Waals surface area contributed by atoms with E-state index in [0.29, 0.717) is 22.2 Å². The van der Waals surface area contributed by atoms with Crippen LogP contribution in [-0.4, -0.2) is 22.7 Å². The van der Waals surface area contributed by atoms with Gasteiger partial charge in [-0.25, -0.2) is 0 Å². The molecule has 0 spiro atoms. The average Bonchev–Trinajstić information content (AvgIpc) is 3.23. The summed E-state index contributed by atoms with van der Waals surface area (Å²) in [5.41, 5.74) is 1.72. The molecule has 4 rings (SSSR count). The Balaban J connectivity index is 1.29. The minimum atomic E-state index is -0.289. The number of nitriles is 1. The molecule has 0 saturated heterocycles. The number of hydrogen-bond acceptors (Lipinski definition) is 7. The van der Waals surface area contributed by atoms with Crippen LogP contribution in [0, 0.1) is 11.3 Å². The lowest BCUT2D eigenvalue weighted by molar-refractivity contribution is -0.118. The van der Waals surface area contributed by atoms with Crippen molar-refractivity contribution in [2.45, 2.75) is 10.1 Å². The number of anilines is 1. The second-order valence-electron chi connectivity index (χ2n) is 6.28. The second kappa shape index (κ2) is 9.39. The first-order chi connectivity index (χ1) is 14.7. The lowest BCUT2D eigenvalue weighted by atomic mass is 10.1. The van der Waals surface area contributed by atoms with E-state index in [9.17, 15) is 4.79 Å².